The van der Waals surface area contributed by atoms with Crippen molar-refractivity contribution in [2.24, 2.45) is 17.3 Å². The molecule has 1 rings (SSSR count). The molecule has 0 aromatic rings. The highest BCUT2D eigenvalue weighted by atomic mass is 15.2. The van der Waals surface area contributed by atoms with E-state index in [2.05, 4.69) is 53.4 Å². The molecule has 1 unspecified atom stereocenters. The summed E-state index contributed by atoms with van der Waals surface area (Å²) < 4.78 is 0. The molecular weight excluding hydrogens is 182 g/mol. The van der Waals surface area contributed by atoms with E-state index in [0.29, 0.717) is 11.0 Å². The van der Waals surface area contributed by atoms with Crippen molar-refractivity contribution < 1.29 is 0 Å². The Hall–Kier alpha value is -0.0400. The maximum atomic E-state index is 2.64. The van der Waals surface area contributed by atoms with E-state index in [9.17, 15) is 0 Å². The van der Waals surface area contributed by atoms with Gasteiger partial charge in [0.25, 0.3) is 0 Å². The smallest absolute Gasteiger partial charge is 0.0125 e. The second-order valence-electron chi connectivity index (χ2n) is 7.36. The Balaban J connectivity index is 2.64. The zero-order valence-corrected chi connectivity index (χ0v) is 11.7. The highest BCUT2D eigenvalue weighted by molar-refractivity contribution is 4.89. The summed E-state index contributed by atoms with van der Waals surface area (Å²) in [7, 11) is 0. The van der Waals surface area contributed by atoms with Gasteiger partial charge in [-0.2, -0.15) is 0 Å². The van der Waals surface area contributed by atoms with Crippen LogP contribution < -0.4 is 0 Å². The highest BCUT2D eigenvalue weighted by Gasteiger charge is 2.36. The van der Waals surface area contributed by atoms with Crippen LogP contribution in [0.15, 0.2) is 0 Å². The van der Waals surface area contributed by atoms with Crippen molar-refractivity contribution in [1.29, 1.82) is 0 Å². The Kier molecular flexibility index (Phi) is 3.55. The zero-order chi connectivity index (χ0) is 11.9. The molecule has 0 N–H and O–H groups in total. The Morgan fingerprint density at radius 1 is 1.00 bits per heavy atom. The molecule has 1 aliphatic heterocycles. The molecular formula is C14H29N. The van der Waals surface area contributed by atoms with Crippen molar-refractivity contribution in [2.45, 2.75) is 60.4 Å². The zero-order valence-electron chi connectivity index (χ0n) is 11.7. The van der Waals surface area contributed by atoms with E-state index in [1.807, 2.05) is 0 Å². The third-order valence-electron chi connectivity index (χ3n) is 3.97. The average molecular weight is 211 g/mol. The lowest BCUT2D eigenvalue weighted by Crippen LogP contribution is -2.51. The first-order chi connectivity index (χ1) is 6.62. The Morgan fingerprint density at radius 3 is 1.87 bits per heavy atom. The Bertz CT molecular complexity index is 206. The molecule has 90 valence electrons. The summed E-state index contributed by atoms with van der Waals surface area (Å²) in [5, 5.41) is 0. The second-order valence-corrected chi connectivity index (χ2v) is 7.36. The van der Waals surface area contributed by atoms with E-state index >= 15 is 0 Å². The lowest BCUT2D eigenvalue weighted by atomic mass is 9.69. The van der Waals surface area contributed by atoms with Crippen molar-refractivity contribution in [3.8, 4) is 0 Å². The number of hydrogen-bond acceptors (Lipinski definition) is 1. The molecule has 0 spiro atoms. The number of nitrogens with zero attached hydrogens (tertiary/aromatic N) is 1. The van der Waals surface area contributed by atoms with Crippen LogP contribution in [0.2, 0.25) is 0 Å². The van der Waals surface area contributed by atoms with Crippen LogP contribution in [0.25, 0.3) is 0 Å². The van der Waals surface area contributed by atoms with Crippen LogP contribution in [0.3, 0.4) is 0 Å². The Labute approximate surface area is 96.2 Å². The van der Waals surface area contributed by atoms with E-state index < -0.39 is 0 Å². The molecule has 0 aromatic heterocycles. The minimum absolute atomic E-state index is 0.344. The van der Waals surface area contributed by atoms with Crippen LogP contribution in [0.5, 0.6) is 0 Å². The quantitative estimate of drug-likeness (QED) is 0.589. The largest absolute Gasteiger partial charge is 0.298 e. The molecule has 0 bridgehead atoms. The third kappa shape index (κ3) is 3.21. The predicted molar refractivity (Wildman–Crippen MR) is 68.1 cm³/mol. The van der Waals surface area contributed by atoms with Gasteiger partial charge in [-0.15, -0.1) is 0 Å². The van der Waals surface area contributed by atoms with Gasteiger partial charge in [0.15, 0.2) is 0 Å². The first kappa shape index (κ1) is 13.0. The van der Waals surface area contributed by atoms with Gasteiger partial charge >= 0.3 is 0 Å². The van der Waals surface area contributed by atoms with Crippen LogP contribution in [-0.4, -0.2) is 23.5 Å². The molecule has 1 saturated heterocycles. The van der Waals surface area contributed by atoms with Gasteiger partial charge in [-0.25, -0.2) is 0 Å². The van der Waals surface area contributed by atoms with Crippen molar-refractivity contribution in [1.82, 2.24) is 4.90 Å². The van der Waals surface area contributed by atoms with Gasteiger partial charge in [0.1, 0.15) is 0 Å². The molecule has 1 heterocycles. The monoisotopic (exact) mass is 211 g/mol. The molecule has 0 amide bonds. The molecule has 1 fully saturated rings. The SMILES string of the molecule is CC1CN(C(C)(C)C)CC[C@H]1C(C)(C)C. The molecule has 1 heteroatoms. The summed E-state index contributed by atoms with van der Waals surface area (Å²) in [5.74, 6) is 1.72. The van der Waals surface area contributed by atoms with Gasteiger partial charge in [0, 0.05) is 12.1 Å². The summed E-state index contributed by atoms with van der Waals surface area (Å²) in [6, 6.07) is 0. The van der Waals surface area contributed by atoms with Gasteiger partial charge in [0.2, 0.25) is 0 Å². The standard InChI is InChI=1S/C14H29N/c1-11-10-15(14(5,6)7)9-8-12(11)13(2,3)4/h11-12H,8-10H2,1-7H3/t11?,12-/m1/s1. The molecule has 0 aliphatic carbocycles. The normalized spacial score (nSPS) is 30.6. The van der Waals surface area contributed by atoms with Gasteiger partial charge in [-0.3, -0.25) is 4.90 Å². The minimum Gasteiger partial charge on any atom is -0.298 e. The maximum absolute atomic E-state index is 2.64. The van der Waals surface area contributed by atoms with E-state index in [1.54, 1.807) is 0 Å². The van der Waals surface area contributed by atoms with Crippen molar-refractivity contribution in [2.75, 3.05) is 13.1 Å². The van der Waals surface area contributed by atoms with Crippen molar-refractivity contribution in [3.63, 3.8) is 0 Å². The molecule has 0 saturated carbocycles. The molecule has 1 nitrogen and oxygen atoms in total. The van der Waals surface area contributed by atoms with Crippen molar-refractivity contribution in [3.05, 3.63) is 0 Å². The second kappa shape index (κ2) is 4.08. The number of hydrogen-bond donors (Lipinski definition) is 0. The van der Waals surface area contributed by atoms with Crippen LogP contribution in [0.1, 0.15) is 54.9 Å². The van der Waals surface area contributed by atoms with Gasteiger partial charge in [0.05, 0.1) is 0 Å². The average Bonchev–Trinajstić information content (AvgIpc) is 1.99. The summed E-state index contributed by atoms with van der Waals surface area (Å²) >= 11 is 0. The van der Waals surface area contributed by atoms with Crippen molar-refractivity contribution >= 4 is 0 Å². The first-order valence-corrected chi connectivity index (χ1v) is 6.37. The third-order valence-corrected chi connectivity index (χ3v) is 3.97. The van der Waals surface area contributed by atoms with Crippen LogP contribution >= 0.6 is 0 Å². The van der Waals surface area contributed by atoms with Crippen LogP contribution in [0, 0.1) is 17.3 Å². The fourth-order valence-electron chi connectivity index (χ4n) is 3.04. The summed E-state index contributed by atoms with van der Waals surface area (Å²) in [6.45, 7) is 19.1. The van der Waals surface area contributed by atoms with E-state index in [1.165, 1.54) is 19.5 Å². The fraction of sp³-hybridized carbons (Fsp3) is 1.00. The number of likely N-dealkylation sites (tertiary alicyclic amines) is 1. The molecule has 0 aromatic carbocycles. The summed E-state index contributed by atoms with van der Waals surface area (Å²) in [5.41, 5.74) is 0.820. The predicted octanol–water partition coefficient (Wildman–Crippen LogP) is 3.79. The summed E-state index contributed by atoms with van der Waals surface area (Å²) in [4.78, 5) is 2.64. The van der Waals surface area contributed by atoms with Gasteiger partial charge in [-0.1, -0.05) is 27.7 Å². The first-order valence-electron chi connectivity index (χ1n) is 6.37. The number of piperidine rings is 1. The minimum atomic E-state index is 0.344. The lowest BCUT2D eigenvalue weighted by Gasteiger charge is -2.47. The maximum Gasteiger partial charge on any atom is 0.0125 e. The molecule has 1 aliphatic rings. The lowest BCUT2D eigenvalue weighted by molar-refractivity contribution is 0.0136. The molecule has 0 radical (unpaired) electrons. The van der Waals surface area contributed by atoms with Gasteiger partial charge in [-0.05, 0) is 51.0 Å². The van der Waals surface area contributed by atoms with Crippen LogP contribution in [-0.2, 0) is 0 Å². The van der Waals surface area contributed by atoms with E-state index in [0.717, 1.165) is 11.8 Å². The molecule has 2 atom stereocenters. The van der Waals surface area contributed by atoms with Crippen LogP contribution in [0.4, 0.5) is 0 Å². The summed E-state index contributed by atoms with van der Waals surface area (Å²) in [6.07, 6.45) is 1.36. The van der Waals surface area contributed by atoms with E-state index in [-0.39, 0.29) is 0 Å². The van der Waals surface area contributed by atoms with Gasteiger partial charge < -0.3 is 0 Å². The van der Waals surface area contributed by atoms with E-state index in [4.69, 9.17) is 0 Å². The fourth-order valence-corrected chi connectivity index (χ4v) is 3.04. The molecule has 15 heavy (non-hydrogen) atoms. The highest BCUT2D eigenvalue weighted by Crippen LogP contribution is 2.39. The topological polar surface area (TPSA) is 3.24 Å². The Morgan fingerprint density at radius 2 is 1.53 bits per heavy atom. The number of rotatable bonds is 0.